The lowest BCUT2D eigenvalue weighted by Crippen LogP contribution is -2.58. The van der Waals surface area contributed by atoms with E-state index >= 15 is 0 Å². The maximum Gasteiger partial charge on any atom is 0.409 e. The summed E-state index contributed by atoms with van der Waals surface area (Å²) in [7, 11) is 0. The zero-order chi connectivity index (χ0) is 25.2. The summed E-state index contributed by atoms with van der Waals surface area (Å²) in [4.78, 5) is 28.4. The van der Waals surface area contributed by atoms with Crippen molar-refractivity contribution in [3.8, 4) is 11.3 Å². The van der Waals surface area contributed by atoms with Crippen LogP contribution >= 0.6 is 0 Å². The number of ether oxygens (including phenoxy) is 3. The Balaban J connectivity index is 1.07. The molecule has 0 bridgehead atoms. The van der Waals surface area contributed by atoms with Gasteiger partial charge < -0.3 is 24.0 Å². The zero-order valence-electron chi connectivity index (χ0n) is 21.5. The predicted molar refractivity (Wildman–Crippen MR) is 140 cm³/mol. The number of hydrogen-bond donors (Lipinski definition) is 0. The topological polar surface area (TPSA) is 80.3 Å². The summed E-state index contributed by atoms with van der Waals surface area (Å²) >= 11 is 0. The van der Waals surface area contributed by atoms with Crippen molar-refractivity contribution in [3.63, 3.8) is 0 Å². The first-order valence-corrected chi connectivity index (χ1v) is 13.4. The van der Waals surface area contributed by atoms with E-state index in [0.717, 1.165) is 67.7 Å². The van der Waals surface area contributed by atoms with Crippen LogP contribution in [0.4, 0.5) is 10.6 Å². The molecule has 0 N–H and O–H groups in total. The molecule has 1 aliphatic carbocycles. The fourth-order valence-corrected chi connectivity index (χ4v) is 6.25. The van der Waals surface area contributed by atoms with E-state index < -0.39 is 0 Å². The van der Waals surface area contributed by atoms with Gasteiger partial charge in [-0.15, -0.1) is 0 Å². The number of anilines is 1. The molecule has 3 fully saturated rings. The van der Waals surface area contributed by atoms with Gasteiger partial charge in [-0.25, -0.2) is 9.78 Å². The van der Waals surface area contributed by atoms with E-state index in [9.17, 15) is 4.79 Å². The molecule has 2 aromatic rings. The second kappa shape index (κ2) is 10.2. The first-order valence-electron chi connectivity index (χ1n) is 13.4. The number of likely N-dealkylation sites (tertiary alicyclic amines) is 1. The Labute approximate surface area is 218 Å². The zero-order valence-corrected chi connectivity index (χ0v) is 21.5. The number of piperazine rings is 1. The van der Waals surface area contributed by atoms with Gasteiger partial charge in [0.25, 0.3) is 0 Å². The van der Waals surface area contributed by atoms with Crippen LogP contribution in [0.3, 0.4) is 0 Å². The molecule has 9 nitrogen and oxygen atoms in total. The number of pyridine rings is 2. The molecule has 1 spiro atoms. The van der Waals surface area contributed by atoms with E-state index in [1.54, 1.807) is 6.26 Å². The Morgan fingerprint density at radius 2 is 2.00 bits per heavy atom. The highest BCUT2D eigenvalue weighted by atomic mass is 16.6. The van der Waals surface area contributed by atoms with Gasteiger partial charge in [-0.3, -0.25) is 9.88 Å². The fourth-order valence-electron chi connectivity index (χ4n) is 6.25. The lowest BCUT2D eigenvalue weighted by molar-refractivity contribution is -0.00294. The highest BCUT2D eigenvalue weighted by molar-refractivity contribution is 5.74. The van der Waals surface area contributed by atoms with Crippen LogP contribution in [0.15, 0.2) is 42.9 Å². The SMILES string of the molecule is CCOC(=O)N1CC2(CC[C@@H](N3CCN(c4ncccc4-c4ccc(C5=COCCO5)cn4)CC3)C2)C1. The lowest BCUT2D eigenvalue weighted by atomic mass is 9.78. The van der Waals surface area contributed by atoms with Gasteiger partial charge >= 0.3 is 6.09 Å². The monoisotopic (exact) mass is 505 g/mol. The summed E-state index contributed by atoms with van der Waals surface area (Å²) in [5, 5.41) is 0. The van der Waals surface area contributed by atoms with E-state index in [1.165, 1.54) is 19.3 Å². The summed E-state index contributed by atoms with van der Waals surface area (Å²) in [6, 6.07) is 8.73. The van der Waals surface area contributed by atoms with Gasteiger partial charge in [0.15, 0.2) is 5.76 Å². The summed E-state index contributed by atoms with van der Waals surface area (Å²) in [6.07, 6.45) is 8.80. The van der Waals surface area contributed by atoms with Crippen LogP contribution in [0.25, 0.3) is 17.0 Å². The van der Waals surface area contributed by atoms with Gasteiger partial charge in [0.1, 0.15) is 25.3 Å². The number of amides is 1. The van der Waals surface area contributed by atoms with E-state index in [0.29, 0.717) is 31.3 Å². The first-order chi connectivity index (χ1) is 18.1. The van der Waals surface area contributed by atoms with Crippen LogP contribution in [-0.4, -0.2) is 91.0 Å². The third kappa shape index (κ3) is 4.84. The van der Waals surface area contributed by atoms with Gasteiger partial charge in [-0.1, -0.05) is 0 Å². The normalized spacial score (nSPS) is 23.2. The van der Waals surface area contributed by atoms with Crippen LogP contribution in [0, 0.1) is 5.41 Å². The number of carbonyl (C=O) groups excluding carboxylic acids is 1. The molecule has 5 heterocycles. The molecule has 2 saturated heterocycles. The van der Waals surface area contributed by atoms with Gasteiger partial charge in [0.05, 0.1) is 12.3 Å². The smallest absolute Gasteiger partial charge is 0.409 e. The average Bonchev–Trinajstić information content (AvgIpc) is 3.39. The second-order valence-corrected chi connectivity index (χ2v) is 10.5. The molecule has 6 rings (SSSR count). The van der Waals surface area contributed by atoms with Crippen LogP contribution in [-0.2, 0) is 14.2 Å². The van der Waals surface area contributed by atoms with Crippen molar-refractivity contribution in [3.05, 3.63) is 48.5 Å². The fraction of sp³-hybridized carbons (Fsp3) is 0.536. The second-order valence-electron chi connectivity index (χ2n) is 10.5. The molecule has 196 valence electrons. The quantitative estimate of drug-likeness (QED) is 0.610. The Bertz CT molecular complexity index is 1140. The molecular weight excluding hydrogens is 470 g/mol. The maximum atomic E-state index is 12.0. The summed E-state index contributed by atoms with van der Waals surface area (Å²) in [5.41, 5.74) is 3.16. The Morgan fingerprint density at radius 3 is 2.73 bits per heavy atom. The number of carbonyl (C=O) groups is 1. The minimum absolute atomic E-state index is 0.158. The molecule has 1 amide bonds. The number of rotatable bonds is 5. The Hall–Kier alpha value is -3.33. The average molecular weight is 506 g/mol. The predicted octanol–water partition coefficient (Wildman–Crippen LogP) is 3.62. The molecule has 37 heavy (non-hydrogen) atoms. The van der Waals surface area contributed by atoms with Gasteiger partial charge in [-0.05, 0) is 50.5 Å². The van der Waals surface area contributed by atoms with Crippen LogP contribution in [0.2, 0.25) is 0 Å². The lowest BCUT2D eigenvalue weighted by Gasteiger charge is -2.48. The Kier molecular flexibility index (Phi) is 6.63. The molecule has 0 radical (unpaired) electrons. The number of hydrogen-bond acceptors (Lipinski definition) is 8. The molecule has 0 aromatic carbocycles. The Morgan fingerprint density at radius 1 is 1.14 bits per heavy atom. The molecule has 0 unspecified atom stereocenters. The van der Waals surface area contributed by atoms with E-state index in [4.69, 9.17) is 24.2 Å². The maximum absolute atomic E-state index is 12.0. The van der Waals surface area contributed by atoms with Crippen LogP contribution < -0.4 is 4.90 Å². The van der Waals surface area contributed by atoms with E-state index in [-0.39, 0.29) is 6.09 Å². The summed E-state index contributed by atoms with van der Waals surface area (Å²) in [6.45, 7) is 9.07. The van der Waals surface area contributed by atoms with Crippen molar-refractivity contribution in [1.82, 2.24) is 19.8 Å². The molecule has 4 aliphatic rings. The van der Waals surface area contributed by atoms with Crippen LogP contribution in [0.1, 0.15) is 31.7 Å². The van der Waals surface area contributed by atoms with E-state index in [2.05, 4.69) is 15.9 Å². The van der Waals surface area contributed by atoms with Gasteiger partial charge in [0, 0.05) is 74.2 Å². The van der Waals surface area contributed by atoms with Crippen LogP contribution in [0.5, 0.6) is 0 Å². The molecule has 3 aliphatic heterocycles. The first kappa shape index (κ1) is 24.0. The molecule has 1 atom stereocenters. The molecule has 2 aromatic heterocycles. The molecular formula is C28H35N5O4. The van der Waals surface area contributed by atoms with Gasteiger partial charge in [-0.2, -0.15) is 0 Å². The van der Waals surface area contributed by atoms with Gasteiger partial charge in [0.2, 0.25) is 0 Å². The molecule has 1 saturated carbocycles. The number of nitrogens with zero attached hydrogens (tertiary/aromatic N) is 5. The standard InChI is InChI=1S/C28H35N5O4/c1-2-36-27(34)33-19-28(20-33)8-7-22(16-28)31-10-12-32(13-11-31)26-23(4-3-9-29-26)24-6-5-21(17-30-24)25-18-35-14-15-37-25/h3-6,9,17-18,22H,2,7-8,10-16,19-20H2,1H3/t22-/m1/s1. The summed E-state index contributed by atoms with van der Waals surface area (Å²) < 4.78 is 16.2. The van der Waals surface area contributed by atoms with Crippen molar-refractivity contribution in [1.29, 1.82) is 0 Å². The third-order valence-electron chi connectivity index (χ3n) is 8.15. The van der Waals surface area contributed by atoms with Crippen molar-refractivity contribution in [2.75, 3.05) is 64.0 Å². The largest absolute Gasteiger partial charge is 0.494 e. The highest BCUT2D eigenvalue weighted by Gasteiger charge is 2.51. The van der Waals surface area contributed by atoms with E-state index in [1.807, 2.05) is 42.4 Å². The minimum atomic E-state index is -0.158. The third-order valence-corrected chi connectivity index (χ3v) is 8.15. The van der Waals surface area contributed by atoms with Crippen molar-refractivity contribution in [2.45, 2.75) is 32.2 Å². The number of aromatic nitrogens is 2. The van der Waals surface area contributed by atoms with Crippen molar-refractivity contribution in [2.24, 2.45) is 5.41 Å². The summed E-state index contributed by atoms with van der Waals surface area (Å²) in [5.74, 6) is 1.71. The van der Waals surface area contributed by atoms with Crippen molar-refractivity contribution < 1.29 is 19.0 Å². The highest BCUT2D eigenvalue weighted by Crippen LogP contribution is 2.47. The molecule has 9 heteroatoms. The minimum Gasteiger partial charge on any atom is -0.494 e. The van der Waals surface area contributed by atoms with Crippen molar-refractivity contribution >= 4 is 17.7 Å².